The molecule has 7 nitrogen and oxygen atoms in total. The van der Waals surface area contributed by atoms with E-state index < -0.39 is 29.8 Å². The molecule has 1 saturated heterocycles. The Bertz CT molecular complexity index is 874. The first-order valence-corrected chi connectivity index (χ1v) is 11.6. The normalized spacial score (nSPS) is 26.7. The lowest BCUT2D eigenvalue weighted by Gasteiger charge is -2.33. The summed E-state index contributed by atoms with van der Waals surface area (Å²) in [5.41, 5.74) is 0.461. The van der Waals surface area contributed by atoms with E-state index in [0.29, 0.717) is 17.1 Å². The first-order chi connectivity index (χ1) is 15.4. The maximum Gasteiger partial charge on any atom is 0.310 e. The molecule has 5 atom stereocenters. The van der Waals surface area contributed by atoms with Gasteiger partial charge in [0, 0.05) is 19.1 Å². The van der Waals surface area contributed by atoms with Gasteiger partial charge in [-0.3, -0.25) is 14.4 Å². The first kappa shape index (κ1) is 24.3. The molecule has 0 aromatic heterocycles. The zero-order chi connectivity index (χ0) is 23.3. The number of amides is 2. The molecule has 0 radical (unpaired) electrons. The van der Waals surface area contributed by atoms with Crippen molar-refractivity contribution in [3.05, 3.63) is 41.4 Å². The van der Waals surface area contributed by atoms with E-state index in [2.05, 4.69) is 5.32 Å². The van der Waals surface area contributed by atoms with Crippen molar-refractivity contribution in [2.75, 3.05) is 25.1 Å². The maximum absolute atomic E-state index is 13.5. The lowest BCUT2D eigenvalue weighted by atomic mass is 9.69. The van der Waals surface area contributed by atoms with Gasteiger partial charge in [-0.25, -0.2) is 0 Å². The Morgan fingerprint density at radius 2 is 1.97 bits per heavy atom. The number of nitrogens with one attached hydrogen (secondary N) is 1. The second-order valence-corrected chi connectivity index (χ2v) is 8.65. The van der Waals surface area contributed by atoms with Gasteiger partial charge in [0.2, 0.25) is 11.8 Å². The van der Waals surface area contributed by atoms with Crippen LogP contribution in [0.4, 0.5) is 5.69 Å². The zero-order valence-corrected chi connectivity index (χ0v) is 19.3. The standard InChI is InChI=1S/C24H31ClN2O5/c1-3-8-15-11-12-16-20(19(15)24(31)32-4-2)23(30)27(13-7-14-28)21(16)22(29)26-18-10-6-5-9-17(18)25/h5-6,9-12,15-16,19-21,28H,3-4,7-8,13-14H2,1-2H3,(H,26,29)/t15-,16+,19-,20-,21+/m1/s1. The minimum Gasteiger partial charge on any atom is -0.466 e. The number of hydrogen-bond acceptors (Lipinski definition) is 5. The number of allylic oxidation sites excluding steroid dienone is 1. The molecule has 8 heteroatoms. The van der Waals surface area contributed by atoms with Gasteiger partial charge in [-0.05, 0) is 37.8 Å². The van der Waals surface area contributed by atoms with E-state index in [1.54, 1.807) is 31.2 Å². The van der Waals surface area contributed by atoms with Crippen LogP contribution in [-0.4, -0.2) is 53.6 Å². The molecule has 1 aliphatic carbocycles. The number of para-hydroxylation sites is 1. The van der Waals surface area contributed by atoms with E-state index in [4.69, 9.17) is 16.3 Å². The van der Waals surface area contributed by atoms with Crippen molar-refractivity contribution in [3.63, 3.8) is 0 Å². The van der Waals surface area contributed by atoms with E-state index in [-0.39, 0.29) is 37.5 Å². The van der Waals surface area contributed by atoms with Crippen LogP contribution >= 0.6 is 11.6 Å². The SMILES string of the molecule is CCC[C@@H]1C=C[C@H]2[C@@H](C(=O)N(CCCO)[C@@H]2C(=O)Nc2ccccc2Cl)[C@@H]1C(=O)OCC. The van der Waals surface area contributed by atoms with E-state index >= 15 is 0 Å². The smallest absolute Gasteiger partial charge is 0.310 e. The van der Waals surface area contributed by atoms with E-state index in [0.717, 1.165) is 12.8 Å². The van der Waals surface area contributed by atoms with Gasteiger partial charge in [0.05, 0.1) is 29.2 Å². The second-order valence-electron chi connectivity index (χ2n) is 8.24. The number of aliphatic hydroxyl groups excluding tert-OH is 1. The predicted molar refractivity (Wildman–Crippen MR) is 122 cm³/mol. The van der Waals surface area contributed by atoms with Gasteiger partial charge in [0.25, 0.3) is 0 Å². The van der Waals surface area contributed by atoms with Crippen molar-refractivity contribution in [2.45, 2.75) is 39.2 Å². The van der Waals surface area contributed by atoms with Gasteiger partial charge in [-0.15, -0.1) is 0 Å². The number of rotatable bonds is 9. The number of ether oxygens (including phenoxy) is 1. The third-order valence-electron chi connectivity index (χ3n) is 6.25. The fourth-order valence-electron chi connectivity index (χ4n) is 4.92. The molecule has 0 unspecified atom stereocenters. The third-order valence-corrected chi connectivity index (χ3v) is 6.58. The molecule has 32 heavy (non-hydrogen) atoms. The van der Waals surface area contributed by atoms with Crippen molar-refractivity contribution in [3.8, 4) is 0 Å². The number of benzene rings is 1. The molecular formula is C24H31ClN2O5. The van der Waals surface area contributed by atoms with Gasteiger partial charge in [-0.2, -0.15) is 0 Å². The van der Waals surface area contributed by atoms with Crippen LogP contribution in [0.5, 0.6) is 0 Å². The first-order valence-electron chi connectivity index (χ1n) is 11.3. The van der Waals surface area contributed by atoms with Gasteiger partial charge < -0.3 is 20.1 Å². The number of halogens is 1. The molecule has 1 aliphatic heterocycles. The molecule has 2 amide bonds. The molecular weight excluding hydrogens is 432 g/mol. The van der Waals surface area contributed by atoms with Crippen LogP contribution in [0.3, 0.4) is 0 Å². The number of carbonyl (C=O) groups is 3. The molecule has 1 aromatic rings. The van der Waals surface area contributed by atoms with Gasteiger partial charge in [0.15, 0.2) is 0 Å². The Morgan fingerprint density at radius 1 is 1.22 bits per heavy atom. The maximum atomic E-state index is 13.5. The highest BCUT2D eigenvalue weighted by atomic mass is 35.5. The molecule has 0 bridgehead atoms. The third kappa shape index (κ3) is 4.84. The Balaban J connectivity index is 1.97. The molecule has 0 saturated carbocycles. The fourth-order valence-corrected chi connectivity index (χ4v) is 5.10. The number of esters is 1. The lowest BCUT2D eigenvalue weighted by molar-refractivity contribution is -0.155. The average molecular weight is 463 g/mol. The highest BCUT2D eigenvalue weighted by Crippen LogP contribution is 2.46. The van der Waals surface area contributed by atoms with Gasteiger partial charge >= 0.3 is 5.97 Å². The average Bonchev–Trinajstić information content (AvgIpc) is 3.05. The van der Waals surface area contributed by atoms with E-state index in [1.165, 1.54) is 4.90 Å². The Hall–Kier alpha value is -2.38. The topological polar surface area (TPSA) is 95.9 Å². The van der Waals surface area contributed by atoms with Crippen LogP contribution in [0.25, 0.3) is 0 Å². The highest BCUT2D eigenvalue weighted by Gasteiger charge is 2.57. The summed E-state index contributed by atoms with van der Waals surface area (Å²) >= 11 is 6.21. The van der Waals surface area contributed by atoms with E-state index in [1.807, 2.05) is 19.1 Å². The number of hydrogen-bond donors (Lipinski definition) is 2. The second kappa shape index (κ2) is 11.0. The minimum atomic E-state index is -0.800. The molecule has 1 heterocycles. The van der Waals surface area contributed by atoms with Crippen LogP contribution in [0.1, 0.15) is 33.1 Å². The van der Waals surface area contributed by atoms with Gasteiger partial charge in [0.1, 0.15) is 6.04 Å². The van der Waals surface area contributed by atoms with Crippen LogP contribution in [0, 0.1) is 23.7 Å². The summed E-state index contributed by atoms with van der Waals surface area (Å²) in [7, 11) is 0. The fraction of sp³-hybridized carbons (Fsp3) is 0.542. The van der Waals surface area contributed by atoms with Crippen molar-refractivity contribution >= 4 is 35.1 Å². The highest BCUT2D eigenvalue weighted by molar-refractivity contribution is 6.33. The summed E-state index contributed by atoms with van der Waals surface area (Å²) < 4.78 is 5.34. The summed E-state index contributed by atoms with van der Waals surface area (Å²) in [6.45, 7) is 4.13. The van der Waals surface area contributed by atoms with Crippen molar-refractivity contribution in [1.29, 1.82) is 0 Å². The van der Waals surface area contributed by atoms with Crippen molar-refractivity contribution < 1.29 is 24.2 Å². The van der Waals surface area contributed by atoms with E-state index in [9.17, 15) is 19.5 Å². The number of likely N-dealkylation sites (tertiary alicyclic amines) is 1. The number of aliphatic hydroxyl groups is 1. The van der Waals surface area contributed by atoms with Crippen LogP contribution in [0.15, 0.2) is 36.4 Å². The Labute approximate surface area is 193 Å². The number of fused-ring (bicyclic) bond motifs is 1. The summed E-state index contributed by atoms with van der Waals surface area (Å²) in [6, 6.07) is 6.10. The monoisotopic (exact) mass is 462 g/mol. The molecule has 174 valence electrons. The Kier molecular flexibility index (Phi) is 8.32. The Morgan fingerprint density at radius 3 is 2.62 bits per heavy atom. The largest absolute Gasteiger partial charge is 0.466 e. The van der Waals surface area contributed by atoms with Crippen LogP contribution < -0.4 is 5.32 Å². The number of nitrogens with zero attached hydrogens (tertiary/aromatic N) is 1. The lowest BCUT2D eigenvalue weighted by Crippen LogP contribution is -2.45. The summed E-state index contributed by atoms with van der Waals surface area (Å²) in [5.74, 6) is -2.89. The number of carbonyl (C=O) groups excluding carboxylic acids is 3. The molecule has 1 fully saturated rings. The predicted octanol–water partition coefficient (Wildman–Crippen LogP) is 3.27. The molecule has 2 N–H and O–H groups in total. The zero-order valence-electron chi connectivity index (χ0n) is 18.5. The summed E-state index contributed by atoms with van der Waals surface area (Å²) in [4.78, 5) is 41.3. The molecule has 0 spiro atoms. The van der Waals surface area contributed by atoms with Crippen molar-refractivity contribution in [1.82, 2.24) is 4.90 Å². The summed E-state index contributed by atoms with van der Waals surface area (Å²) in [6.07, 6.45) is 5.83. The van der Waals surface area contributed by atoms with Crippen LogP contribution in [-0.2, 0) is 19.1 Å². The van der Waals surface area contributed by atoms with Gasteiger partial charge in [-0.1, -0.05) is 49.2 Å². The van der Waals surface area contributed by atoms with Crippen LogP contribution in [0.2, 0.25) is 5.02 Å². The molecule has 2 aliphatic rings. The quantitative estimate of drug-likeness (QED) is 0.433. The molecule has 1 aromatic carbocycles. The number of anilines is 1. The summed E-state index contributed by atoms with van der Waals surface area (Å²) in [5, 5.41) is 12.6. The molecule has 3 rings (SSSR count). The minimum absolute atomic E-state index is 0.104. The van der Waals surface area contributed by atoms with Crippen molar-refractivity contribution in [2.24, 2.45) is 23.7 Å².